The molecule has 0 aliphatic rings. The summed E-state index contributed by atoms with van der Waals surface area (Å²) >= 11 is 0. The van der Waals surface area contributed by atoms with E-state index in [0.717, 1.165) is 12.2 Å². The molecule has 2 nitrogen and oxygen atoms in total. The van der Waals surface area contributed by atoms with Gasteiger partial charge in [0, 0.05) is 29.8 Å². The van der Waals surface area contributed by atoms with E-state index in [1.54, 1.807) is 0 Å². The molecule has 3 aromatic rings. The van der Waals surface area contributed by atoms with Crippen molar-refractivity contribution in [2.24, 2.45) is 0 Å². The number of pyridine rings is 1. The summed E-state index contributed by atoms with van der Waals surface area (Å²) in [6, 6.07) is 22.4. The normalized spacial score (nSPS) is 11.5. The number of nitrogens with zero attached hydrogens (tertiary/aromatic N) is 2. The third kappa shape index (κ3) is 6.69. The molecular weight excluding hydrogens is 388 g/mol. The van der Waals surface area contributed by atoms with Crippen LogP contribution in [0.1, 0.15) is 77.5 Å². The molecular formula is C30H40N2. The molecule has 0 spiro atoms. The van der Waals surface area contributed by atoms with Crippen LogP contribution in [-0.2, 0) is 5.41 Å². The van der Waals surface area contributed by atoms with Crippen LogP contribution in [0.15, 0.2) is 66.9 Å². The monoisotopic (exact) mass is 428 g/mol. The summed E-state index contributed by atoms with van der Waals surface area (Å²) in [5.41, 5.74) is 7.60. The topological polar surface area (TPSA) is 16.1 Å². The summed E-state index contributed by atoms with van der Waals surface area (Å²) in [5.74, 6) is 0. The minimum absolute atomic E-state index is 0.174. The van der Waals surface area contributed by atoms with E-state index in [4.69, 9.17) is 0 Å². The second-order valence-corrected chi connectivity index (χ2v) is 9.95. The Morgan fingerprint density at radius 1 is 0.719 bits per heavy atom. The van der Waals surface area contributed by atoms with E-state index in [1.807, 2.05) is 13.1 Å². The lowest BCUT2D eigenvalue weighted by Crippen LogP contribution is -2.19. The van der Waals surface area contributed by atoms with Crippen LogP contribution in [0.2, 0.25) is 0 Å². The minimum Gasteiger partial charge on any atom is -0.341 e. The van der Waals surface area contributed by atoms with Crippen LogP contribution in [0.5, 0.6) is 0 Å². The van der Waals surface area contributed by atoms with Crippen molar-refractivity contribution in [1.82, 2.24) is 4.98 Å². The molecule has 0 atom stereocenters. The molecule has 1 aromatic heterocycles. The van der Waals surface area contributed by atoms with Gasteiger partial charge in [0.05, 0.1) is 0 Å². The van der Waals surface area contributed by atoms with E-state index < -0.39 is 0 Å². The molecule has 1 heterocycles. The molecule has 3 rings (SSSR count). The number of benzene rings is 2. The molecule has 0 amide bonds. The smallest absolute Gasteiger partial charge is 0.0411 e. The van der Waals surface area contributed by atoms with Gasteiger partial charge in [0.15, 0.2) is 0 Å². The van der Waals surface area contributed by atoms with Gasteiger partial charge in [0.1, 0.15) is 0 Å². The molecule has 32 heavy (non-hydrogen) atoms. The van der Waals surface area contributed by atoms with Crippen LogP contribution in [0.4, 0.5) is 11.4 Å². The van der Waals surface area contributed by atoms with E-state index in [-0.39, 0.29) is 5.41 Å². The Balaban J connectivity index is 1.79. The highest BCUT2D eigenvalue weighted by Gasteiger charge is 2.15. The first-order valence-electron chi connectivity index (χ1n) is 12.3. The van der Waals surface area contributed by atoms with Crippen molar-refractivity contribution in [2.45, 2.75) is 78.6 Å². The molecule has 0 saturated heterocycles. The maximum absolute atomic E-state index is 4.33. The Morgan fingerprint density at radius 2 is 1.31 bits per heavy atom. The highest BCUT2D eigenvalue weighted by Crippen LogP contribution is 2.31. The van der Waals surface area contributed by atoms with Gasteiger partial charge in [-0.25, -0.2) is 0 Å². The second-order valence-electron chi connectivity index (χ2n) is 9.95. The van der Waals surface area contributed by atoms with Gasteiger partial charge in [-0.05, 0) is 71.8 Å². The Morgan fingerprint density at radius 3 is 1.91 bits per heavy atom. The van der Waals surface area contributed by atoms with Crippen molar-refractivity contribution < 1.29 is 0 Å². The number of aryl methyl sites for hydroxylation is 1. The van der Waals surface area contributed by atoms with Crippen LogP contribution in [-0.4, -0.2) is 11.5 Å². The SMILES string of the molecule is CCCCCCCCN(c1ccc(-c2ccnc(C)c2)cc1)c1ccc(C(C)(C)C)cc1. The highest BCUT2D eigenvalue weighted by atomic mass is 15.1. The number of aromatic nitrogens is 1. The van der Waals surface area contributed by atoms with E-state index in [9.17, 15) is 0 Å². The van der Waals surface area contributed by atoms with Crippen molar-refractivity contribution in [3.63, 3.8) is 0 Å². The predicted molar refractivity (Wildman–Crippen MR) is 140 cm³/mol. The average molecular weight is 429 g/mol. The maximum Gasteiger partial charge on any atom is 0.0411 e. The minimum atomic E-state index is 0.174. The average Bonchev–Trinajstić information content (AvgIpc) is 2.78. The van der Waals surface area contributed by atoms with Gasteiger partial charge < -0.3 is 4.90 Å². The summed E-state index contributed by atoms with van der Waals surface area (Å²) in [6.07, 6.45) is 9.76. The van der Waals surface area contributed by atoms with Gasteiger partial charge in [-0.15, -0.1) is 0 Å². The van der Waals surface area contributed by atoms with Crippen LogP contribution >= 0.6 is 0 Å². The second kappa shape index (κ2) is 11.3. The van der Waals surface area contributed by atoms with E-state index >= 15 is 0 Å². The molecule has 0 saturated carbocycles. The molecule has 0 aliphatic heterocycles. The summed E-state index contributed by atoms with van der Waals surface area (Å²) < 4.78 is 0. The maximum atomic E-state index is 4.33. The van der Waals surface area contributed by atoms with Gasteiger partial charge in [-0.2, -0.15) is 0 Å². The number of hydrogen-bond acceptors (Lipinski definition) is 2. The molecule has 0 fully saturated rings. The Bertz CT molecular complexity index is 949. The summed E-state index contributed by atoms with van der Waals surface area (Å²) in [4.78, 5) is 6.81. The fourth-order valence-corrected chi connectivity index (χ4v) is 4.16. The lowest BCUT2D eigenvalue weighted by molar-refractivity contribution is 0.590. The van der Waals surface area contributed by atoms with E-state index in [2.05, 4.69) is 98.2 Å². The Kier molecular flexibility index (Phi) is 8.50. The van der Waals surface area contributed by atoms with Crippen molar-refractivity contribution in [3.8, 4) is 11.1 Å². The summed E-state index contributed by atoms with van der Waals surface area (Å²) in [5, 5.41) is 0. The molecule has 170 valence electrons. The number of rotatable bonds is 10. The fraction of sp³-hybridized carbons (Fsp3) is 0.433. The zero-order valence-corrected chi connectivity index (χ0v) is 20.7. The van der Waals surface area contributed by atoms with Crippen LogP contribution < -0.4 is 4.90 Å². The summed E-state index contributed by atoms with van der Waals surface area (Å²) in [6.45, 7) is 12.2. The number of hydrogen-bond donors (Lipinski definition) is 0. The first-order chi connectivity index (χ1) is 15.4. The molecule has 0 radical (unpaired) electrons. The van der Waals surface area contributed by atoms with Crippen molar-refractivity contribution in [3.05, 3.63) is 78.1 Å². The van der Waals surface area contributed by atoms with Gasteiger partial charge in [0.2, 0.25) is 0 Å². The van der Waals surface area contributed by atoms with Crippen LogP contribution in [0.25, 0.3) is 11.1 Å². The van der Waals surface area contributed by atoms with Gasteiger partial charge in [-0.3, -0.25) is 4.98 Å². The Hall–Kier alpha value is -2.61. The van der Waals surface area contributed by atoms with Gasteiger partial charge in [0.25, 0.3) is 0 Å². The standard InChI is InChI=1S/C30H40N2/c1-6-7-8-9-10-11-22-32(29-18-14-27(15-19-29)30(3,4)5)28-16-12-25(13-17-28)26-20-21-31-24(2)23-26/h12-21,23H,6-11,22H2,1-5H3. The molecule has 0 aliphatic carbocycles. The first-order valence-corrected chi connectivity index (χ1v) is 12.3. The third-order valence-corrected chi connectivity index (χ3v) is 6.19. The lowest BCUT2D eigenvalue weighted by atomic mass is 9.87. The highest BCUT2D eigenvalue weighted by molar-refractivity contribution is 5.70. The zero-order valence-electron chi connectivity index (χ0n) is 20.7. The third-order valence-electron chi connectivity index (χ3n) is 6.19. The predicted octanol–water partition coefficient (Wildman–Crippen LogP) is 8.85. The molecule has 0 bridgehead atoms. The molecule has 0 unspecified atom stereocenters. The summed E-state index contributed by atoms with van der Waals surface area (Å²) in [7, 11) is 0. The Labute approximate surface area is 195 Å². The van der Waals surface area contributed by atoms with Crippen molar-refractivity contribution >= 4 is 11.4 Å². The fourth-order valence-electron chi connectivity index (χ4n) is 4.16. The quantitative estimate of drug-likeness (QED) is 0.300. The van der Waals surface area contributed by atoms with Crippen molar-refractivity contribution in [1.29, 1.82) is 0 Å². The van der Waals surface area contributed by atoms with Crippen LogP contribution in [0, 0.1) is 6.92 Å². The molecule has 2 heteroatoms. The van der Waals surface area contributed by atoms with Gasteiger partial charge >= 0.3 is 0 Å². The van der Waals surface area contributed by atoms with Gasteiger partial charge in [-0.1, -0.05) is 84.1 Å². The number of anilines is 2. The van der Waals surface area contributed by atoms with E-state index in [1.165, 1.54) is 66.6 Å². The van der Waals surface area contributed by atoms with Crippen LogP contribution in [0.3, 0.4) is 0 Å². The molecule has 2 aromatic carbocycles. The number of unbranched alkanes of at least 4 members (excludes halogenated alkanes) is 5. The molecule has 0 N–H and O–H groups in total. The zero-order chi connectivity index (χ0) is 23.0. The first kappa shape index (κ1) is 24.0. The van der Waals surface area contributed by atoms with Crippen molar-refractivity contribution in [2.75, 3.05) is 11.4 Å². The lowest BCUT2D eigenvalue weighted by Gasteiger charge is -2.27. The van der Waals surface area contributed by atoms with E-state index in [0.29, 0.717) is 0 Å². The largest absolute Gasteiger partial charge is 0.341 e.